The molecule has 0 saturated carbocycles. The molecule has 0 saturated heterocycles. The summed E-state index contributed by atoms with van der Waals surface area (Å²) >= 11 is 0. The van der Waals surface area contributed by atoms with E-state index < -0.39 is 0 Å². The van der Waals surface area contributed by atoms with Crippen molar-refractivity contribution in [1.29, 1.82) is 0 Å². The third kappa shape index (κ3) is 3.42. The normalized spacial score (nSPS) is 11.8. The van der Waals surface area contributed by atoms with E-state index in [1.807, 2.05) is 6.07 Å². The van der Waals surface area contributed by atoms with Crippen LogP contribution < -0.4 is 0 Å². The highest BCUT2D eigenvalue weighted by atomic mass is 15.0. The van der Waals surface area contributed by atoms with E-state index in [1.165, 1.54) is 16.3 Å². The van der Waals surface area contributed by atoms with Gasteiger partial charge in [-0.25, -0.2) is 19.9 Å². The maximum absolute atomic E-state index is 5.20. The maximum atomic E-state index is 5.20. The van der Waals surface area contributed by atoms with Crippen LogP contribution in [0.4, 0.5) is 0 Å². The molecule has 0 radical (unpaired) electrons. The van der Waals surface area contributed by atoms with Crippen LogP contribution in [0.3, 0.4) is 0 Å². The summed E-state index contributed by atoms with van der Waals surface area (Å²) in [5.74, 6) is 1.33. The molecule has 1 aliphatic carbocycles. The molecule has 0 aliphatic heterocycles. The molecule has 0 fully saturated rings. The molecular weight excluding hydrogens is 512 g/mol. The molecule has 0 amide bonds. The summed E-state index contributed by atoms with van der Waals surface area (Å²) in [5, 5.41) is 5.61. The minimum Gasteiger partial charge on any atom is -0.227 e. The molecule has 2 aromatic heterocycles. The monoisotopic (exact) mass is 534 g/mol. The fourth-order valence-corrected chi connectivity index (χ4v) is 6.25. The van der Waals surface area contributed by atoms with Gasteiger partial charge in [0.2, 0.25) is 0 Å². The van der Waals surface area contributed by atoms with Crippen LogP contribution in [0.5, 0.6) is 0 Å². The molecule has 0 N–H and O–H groups in total. The molecule has 1 aliphatic rings. The second-order valence-electron chi connectivity index (χ2n) is 10.7. The summed E-state index contributed by atoms with van der Waals surface area (Å²) in [7, 11) is 0. The third-order valence-corrected chi connectivity index (χ3v) is 8.25. The van der Waals surface area contributed by atoms with Crippen LogP contribution in [-0.2, 0) is 0 Å². The van der Waals surface area contributed by atoms with Crippen molar-refractivity contribution in [3.05, 3.63) is 133 Å². The highest BCUT2D eigenvalue weighted by Crippen LogP contribution is 2.46. The summed E-state index contributed by atoms with van der Waals surface area (Å²) in [5.41, 5.74) is 8.87. The van der Waals surface area contributed by atoms with Crippen molar-refractivity contribution < 1.29 is 0 Å². The Hall–Kier alpha value is -5.74. The van der Waals surface area contributed by atoms with E-state index in [-0.39, 0.29) is 0 Å². The fourth-order valence-electron chi connectivity index (χ4n) is 6.25. The van der Waals surface area contributed by atoms with Gasteiger partial charge in [-0.2, -0.15) is 0 Å². The first-order valence-corrected chi connectivity index (χ1v) is 14.1. The average molecular weight is 535 g/mol. The van der Waals surface area contributed by atoms with Gasteiger partial charge in [-0.05, 0) is 38.7 Å². The van der Waals surface area contributed by atoms with Crippen molar-refractivity contribution in [3.63, 3.8) is 0 Å². The van der Waals surface area contributed by atoms with Crippen molar-refractivity contribution in [2.45, 2.75) is 0 Å². The van der Waals surface area contributed by atoms with Crippen molar-refractivity contribution in [2.24, 2.45) is 0 Å². The van der Waals surface area contributed by atoms with Gasteiger partial charge in [0, 0.05) is 22.3 Å². The number of rotatable bonds is 3. The zero-order valence-corrected chi connectivity index (χ0v) is 22.5. The molecule has 0 bridgehead atoms. The fraction of sp³-hybridized carbons (Fsp3) is 0. The summed E-state index contributed by atoms with van der Waals surface area (Å²) in [6.07, 6.45) is 0. The van der Waals surface area contributed by atoms with E-state index in [2.05, 4.69) is 127 Å². The Morgan fingerprint density at radius 2 is 0.905 bits per heavy atom. The summed E-state index contributed by atoms with van der Waals surface area (Å²) < 4.78 is 0. The largest absolute Gasteiger partial charge is 0.227 e. The van der Waals surface area contributed by atoms with E-state index in [1.54, 1.807) is 0 Å². The van der Waals surface area contributed by atoms with Gasteiger partial charge in [-0.3, -0.25) is 0 Å². The van der Waals surface area contributed by atoms with Gasteiger partial charge in [-0.15, -0.1) is 0 Å². The lowest BCUT2D eigenvalue weighted by Crippen LogP contribution is -1.99. The quantitative estimate of drug-likeness (QED) is 0.212. The molecule has 0 atom stereocenters. The summed E-state index contributed by atoms with van der Waals surface area (Å²) in [6.45, 7) is 0. The minimum absolute atomic E-state index is 0.660. The van der Waals surface area contributed by atoms with E-state index in [4.69, 9.17) is 19.9 Å². The maximum Gasteiger partial charge on any atom is 0.168 e. The number of hydrogen-bond donors (Lipinski definition) is 0. The Morgan fingerprint density at radius 3 is 1.67 bits per heavy atom. The number of fused-ring (bicyclic) bond motifs is 6. The van der Waals surface area contributed by atoms with E-state index in [0.29, 0.717) is 17.3 Å². The molecule has 8 aromatic rings. The Labute approximate surface area is 242 Å². The highest BCUT2D eigenvalue weighted by Gasteiger charge is 2.28. The zero-order chi connectivity index (χ0) is 27.6. The van der Waals surface area contributed by atoms with Gasteiger partial charge in [0.25, 0.3) is 0 Å². The van der Waals surface area contributed by atoms with Crippen molar-refractivity contribution in [1.82, 2.24) is 19.9 Å². The lowest BCUT2D eigenvalue weighted by atomic mass is 9.97. The number of benzene rings is 6. The van der Waals surface area contributed by atoms with Crippen molar-refractivity contribution in [3.8, 4) is 56.4 Å². The number of aromatic nitrogens is 4. The van der Waals surface area contributed by atoms with E-state index >= 15 is 0 Å². The van der Waals surface area contributed by atoms with Gasteiger partial charge in [-0.1, -0.05) is 127 Å². The Bertz CT molecular complexity index is 2340. The Kier molecular flexibility index (Phi) is 4.87. The predicted octanol–water partition coefficient (Wildman–Crippen LogP) is 9.37. The molecule has 2 heterocycles. The number of nitrogens with zero attached hydrogens (tertiary/aromatic N) is 4. The van der Waals surface area contributed by atoms with Crippen LogP contribution in [0.2, 0.25) is 0 Å². The lowest BCUT2D eigenvalue weighted by Gasteiger charge is -2.12. The van der Waals surface area contributed by atoms with E-state index in [9.17, 15) is 0 Å². The lowest BCUT2D eigenvalue weighted by molar-refractivity contribution is 1.16. The second-order valence-corrected chi connectivity index (χ2v) is 10.7. The average Bonchev–Trinajstić information content (AvgIpc) is 3.39. The van der Waals surface area contributed by atoms with Crippen LogP contribution in [0, 0.1) is 0 Å². The van der Waals surface area contributed by atoms with Crippen LogP contribution >= 0.6 is 0 Å². The van der Waals surface area contributed by atoms with Crippen LogP contribution in [-0.4, -0.2) is 19.9 Å². The molecule has 6 aromatic carbocycles. The van der Waals surface area contributed by atoms with Crippen LogP contribution in [0.15, 0.2) is 133 Å². The highest BCUT2D eigenvalue weighted by molar-refractivity contribution is 6.15. The molecule has 0 spiro atoms. The van der Waals surface area contributed by atoms with Crippen LogP contribution in [0.1, 0.15) is 0 Å². The molecule has 4 nitrogen and oxygen atoms in total. The number of hydrogen-bond acceptors (Lipinski definition) is 4. The first kappa shape index (κ1) is 23.0. The van der Waals surface area contributed by atoms with Gasteiger partial charge in [0.15, 0.2) is 17.3 Å². The molecule has 42 heavy (non-hydrogen) atoms. The van der Waals surface area contributed by atoms with Crippen molar-refractivity contribution in [2.75, 3.05) is 0 Å². The zero-order valence-electron chi connectivity index (χ0n) is 22.5. The predicted molar refractivity (Wildman–Crippen MR) is 171 cm³/mol. The first-order valence-electron chi connectivity index (χ1n) is 14.1. The second kappa shape index (κ2) is 8.88. The van der Waals surface area contributed by atoms with Gasteiger partial charge < -0.3 is 0 Å². The molecule has 9 rings (SSSR count). The van der Waals surface area contributed by atoms with Gasteiger partial charge in [0.1, 0.15) is 0 Å². The minimum atomic E-state index is 0.660. The molecule has 194 valence electrons. The molecule has 4 heteroatoms. The summed E-state index contributed by atoms with van der Waals surface area (Å²) in [4.78, 5) is 20.5. The molecule has 0 unspecified atom stereocenters. The van der Waals surface area contributed by atoms with Gasteiger partial charge in [0.05, 0.1) is 16.8 Å². The Balaban J connectivity index is 1.29. The van der Waals surface area contributed by atoms with Crippen LogP contribution in [0.25, 0.3) is 89.0 Å². The SMILES string of the molecule is c1ccc(-c2ccc(-c3nc4c5c(nc(-c6cc7ccccc7c7ccccc67)nc5n3)-c3ccccc3-4)cc2)cc1. The summed E-state index contributed by atoms with van der Waals surface area (Å²) in [6, 6.07) is 46.4. The van der Waals surface area contributed by atoms with Crippen molar-refractivity contribution >= 4 is 32.6 Å². The first-order chi connectivity index (χ1) is 20.8. The third-order valence-electron chi connectivity index (χ3n) is 8.25. The topological polar surface area (TPSA) is 51.6 Å². The van der Waals surface area contributed by atoms with Gasteiger partial charge >= 0.3 is 0 Å². The molecular formula is C38H22N4. The standard InChI is InChI=1S/C38H22N4/c1-2-10-23(11-3-1)24-18-20-25(21-19-24)36-39-34-30-16-8-9-17-31(30)35-33(34)38(41-36)42-37(40-35)32-22-26-12-4-5-13-27(26)28-14-6-7-15-29(28)32/h1-22H. The van der Waals surface area contributed by atoms with E-state index in [0.717, 1.165) is 55.4 Å². The smallest absolute Gasteiger partial charge is 0.168 e. The Morgan fingerprint density at radius 1 is 0.357 bits per heavy atom.